The second-order valence-electron chi connectivity index (χ2n) is 4.06. The van der Waals surface area contributed by atoms with E-state index in [-0.39, 0.29) is 0 Å². The molecule has 1 heterocycles. The zero-order chi connectivity index (χ0) is 13.0. The van der Waals surface area contributed by atoms with E-state index in [0.29, 0.717) is 0 Å². The summed E-state index contributed by atoms with van der Waals surface area (Å²) in [5, 5.41) is 4.05. The highest BCUT2D eigenvalue weighted by Gasteiger charge is 2.04. The molecule has 0 saturated carbocycles. The number of benzene rings is 1. The van der Waals surface area contributed by atoms with Crippen LogP contribution in [0.5, 0.6) is 0 Å². The second-order valence-corrected chi connectivity index (χ2v) is 5.38. The molecule has 0 fully saturated rings. The third-order valence-corrected chi connectivity index (χ3v) is 3.47. The molecule has 0 radical (unpaired) electrons. The van der Waals surface area contributed by atoms with Gasteiger partial charge in [-0.1, -0.05) is 34.5 Å². The molecule has 0 aliphatic heterocycles. The lowest BCUT2D eigenvalue weighted by Crippen LogP contribution is -2.07. The predicted octanol–water partition coefficient (Wildman–Crippen LogP) is 4.32. The summed E-state index contributed by atoms with van der Waals surface area (Å²) < 4.78 is 3.16. The molecule has 0 bridgehead atoms. The highest BCUT2D eigenvalue weighted by Crippen LogP contribution is 2.26. The first-order chi connectivity index (χ1) is 8.70. The minimum Gasteiger partial charge on any atom is -0.378 e. The average molecular weight is 329 g/mol. The van der Waals surface area contributed by atoms with Gasteiger partial charge in [-0.05, 0) is 24.6 Å². The maximum atomic E-state index is 6.13. The van der Waals surface area contributed by atoms with E-state index < -0.39 is 0 Å². The Hall–Kier alpha value is -1.000. The third kappa shape index (κ3) is 3.27. The topological polar surface area (TPSA) is 29.9 Å². The fraction of sp³-hybridized carbons (Fsp3) is 0.308. The van der Waals surface area contributed by atoms with Crippen LogP contribution in [0.4, 0.5) is 5.69 Å². The molecular weight excluding hydrogens is 314 g/mol. The van der Waals surface area contributed by atoms with Crippen molar-refractivity contribution in [2.24, 2.45) is 0 Å². The van der Waals surface area contributed by atoms with Crippen LogP contribution in [0.2, 0.25) is 5.02 Å². The molecule has 3 nitrogen and oxygen atoms in total. The van der Waals surface area contributed by atoms with E-state index in [1.165, 1.54) is 0 Å². The van der Waals surface area contributed by atoms with Gasteiger partial charge in [0.15, 0.2) is 0 Å². The van der Waals surface area contributed by atoms with E-state index in [1.54, 1.807) is 0 Å². The van der Waals surface area contributed by atoms with Gasteiger partial charge < -0.3 is 9.88 Å². The van der Waals surface area contributed by atoms with Crippen molar-refractivity contribution >= 4 is 33.2 Å². The first-order valence-electron chi connectivity index (χ1n) is 5.88. The van der Waals surface area contributed by atoms with Crippen LogP contribution in [0.1, 0.15) is 19.0 Å². The van der Waals surface area contributed by atoms with Gasteiger partial charge in [-0.25, -0.2) is 4.98 Å². The summed E-state index contributed by atoms with van der Waals surface area (Å²) >= 11 is 9.57. The van der Waals surface area contributed by atoms with Crippen LogP contribution < -0.4 is 5.32 Å². The van der Waals surface area contributed by atoms with Crippen LogP contribution in [0.15, 0.2) is 35.2 Å². The van der Waals surface area contributed by atoms with Crippen molar-refractivity contribution in [1.82, 2.24) is 9.55 Å². The van der Waals surface area contributed by atoms with Crippen molar-refractivity contribution < 1.29 is 0 Å². The van der Waals surface area contributed by atoms with Crippen molar-refractivity contribution in [1.29, 1.82) is 0 Å². The Bertz CT molecular complexity index is 525. The highest BCUT2D eigenvalue weighted by atomic mass is 79.9. The Balaban J connectivity index is 2.06. The first-order valence-corrected chi connectivity index (χ1v) is 7.05. The molecule has 2 rings (SSSR count). The summed E-state index contributed by atoms with van der Waals surface area (Å²) in [5.74, 6) is 0. The molecule has 0 aliphatic carbocycles. The van der Waals surface area contributed by atoms with Crippen LogP contribution in [-0.2, 0) is 13.1 Å². The molecule has 2 aromatic rings. The molecule has 0 amide bonds. The van der Waals surface area contributed by atoms with E-state index in [1.807, 2.05) is 30.7 Å². The quantitative estimate of drug-likeness (QED) is 0.886. The zero-order valence-electron chi connectivity index (χ0n) is 10.2. The van der Waals surface area contributed by atoms with E-state index in [9.17, 15) is 0 Å². The summed E-state index contributed by atoms with van der Waals surface area (Å²) in [4.78, 5) is 4.17. The summed E-state index contributed by atoms with van der Waals surface area (Å²) in [6.45, 7) is 3.86. The molecule has 0 aliphatic rings. The predicted molar refractivity (Wildman–Crippen MR) is 79.0 cm³/mol. The van der Waals surface area contributed by atoms with Gasteiger partial charge >= 0.3 is 0 Å². The first kappa shape index (κ1) is 13.4. The molecular formula is C13H15BrClN3. The lowest BCUT2D eigenvalue weighted by Gasteiger charge is -2.10. The number of hydrogen-bond donors (Lipinski definition) is 1. The number of aromatic nitrogens is 2. The molecule has 0 unspecified atom stereocenters. The van der Waals surface area contributed by atoms with Crippen LogP contribution in [0.3, 0.4) is 0 Å². The molecule has 0 saturated heterocycles. The molecule has 18 heavy (non-hydrogen) atoms. The SMILES string of the molecule is CCCn1cncc1CNc1cc(Br)ccc1Cl. The molecule has 96 valence electrons. The minimum absolute atomic E-state index is 0.718. The van der Waals surface area contributed by atoms with Crippen molar-refractivity contribution in [2.45, 2.75) is 26.4 Å². The van der Waals surface area contributed by atoms with Crippen LogP contribution in [0.25, 0.3) is 0 Å². The Morgan fingerprint density at radius 1 is 1.44 bits per heavy atom. The van der Waals surface area contributed by atoms with Crippen molar-refractivity contribution in [3.8, 4) is 0 Å². The fourth-order valence-electron chi connectivity index (χ4n) is 1.76. The number of anilines is 1. The van der Waals surface area contributed by atoms with E-state index in [2.05, 4.69) is 37.7 Å². The lowest BCUT2D eigenvalue weighted by molar-refractivity contribution is 0.651. The maximum Gasteiger partial charge on any atom is 0.0948 e. The van der Waals surface area contributed by atoms with Gasteiger partial charge in [0.1, 0.15) is 0 Å². The van der Waals surface area contributed by atoms with Gasteiger partial charge in [0, 0.05) is 17.2 Å². The van der Waals surface area contributed by atoms with Crippen molar-refractivity contribution in [3.05, 3.63) is 45.9 Å². The van der Waals surface area contributed by atoms with Crippen molar-refractivity contribution in [3.63, 3.8) is 0 Å². The van der Waals surface area contributed by atoms with Crippen LogP contribution >= 0.6 is 27.5 Å². The van der Waals surface area contributed by atoms with Gasteiger partial charge in [0.25, 0.3) is 0 Å². The Kier molecular flexibility index (Phi) is 4.66. The van der Waals surface area contributed by atoms with Gasteiger partial charge in [0.05, 0.1) is 29.3 Å². The van der Waals surface area contributed by atoms with E-state index in [0.717, 1.165) is 40.4 Å². The van der Waals surface area contributed by atoms with Gasteiger partial charge in [-0.3, -0.25) is 0 Å². The summed E-state index contributed by atoms with van der Waals surface area (Å²) in [6.07, 6.45) is 4.85. The number of nitrogens with zero attached hydrogens (tertiary/aromatic N) is 2. The lowest BCUT2D eigenvalue weighted by atomic mass is 10.3. The number of halogens is 2. The van der Waals surface area contributed by atoms with E-state index in [4.69, 9.17) is 11.6 Å². The number of aryl methyl sites for hydroxylation is 1. The third-order valence-electron chi connectivity index (χ3n) is 2.65. The Morgan fingerprint density at radius 2 is 2.28 bits per heavy atom. The Morgan fingerprint density at radius 3 is 3.06 bits per heavy atom. The van der Waals surface area contributed by atoms with Crippen LogP contribution in [0, 0.1) is 0 Å². The smallest absolute Gasteiger partial charge is 0.0948 e. The zero-order valence-corrected chi connectivity index (χ0v) is 12.5. The van der Waals surface area contributed by atoms with Crippen molar-refractivity contribution in [2.75, 3.05) is 5.32 Å². The summed E-state index contributed by atoms with van der Waals surface area (Å²) in [7, 11) is 0. The van der Waals surface area contributed by atoms with Gasteiger partial charge in [0.2, 0.25) is 0 Å². The average Bonchev–Trinajstić information content (AvgIpc) is 2.78. The molecule has 1 aromatic heterocycles. The highest BCUT2D eigenvalue weighted by molar-refractivity contribution is 9.10. The Labute approximate surface area is 120 Å². The number of rotatable bonds is 5. The summed E-state index contributed by atoms with van der Waals surface area (Å²) in [6, 6.07) is 5.77. The standard InChI is InChI=1S/C13H15BrClN3/c1-2-5-18-9-16-7-11(18)8-17-13-6-10(14)3-4-12(13)15/h3-4,6-7,9,17H,2,5,8H2,1H3. The fourth-order valence-corrected chi connectivity index (χ4v) is 2.30. The normalized spacial score (nSPS) is 10.6. The monoisotopic (exact) mass is 327 g/mol. The van der Waals surface area contributed by atoms with Gasteiger partial charge in [-0.15, -0.1) is 0 Å². The summed E-state index contributed by atoms with van der Waals surface area (Å²) in [5.41, 5.74) is 2.09. The number of imidazole rings is 1. The van der Waals surface area contributed by atoms with E-state index >= 15 is 0 Å². The minimum atomic E-state index is 0.718. The molecule has 5 heteroatoms. The van der Waals surface area contributed by atoms with Crippen LogP contribution in [-0.4, -0.2) is 9.55 Å². The molecule has 1 aromatic carbocycles. The second kappa shape index (κ2) is 6.25. The molecule has 1 N–H and O–H groups in total. The largest absolute Gasteiger partial charge is 0.378 e. The molecule has 0 atom stereocenters. The number of hydrogen-bond acceptors (Lipinski definition) is 2. The number of nitrogens with one attached hydrogen (secondary N) is 1. The molecule has 0 spiro atoms. The van der Waals surface area contributed by atoms with Gasteiger partial charge in [-0.2, -0.15) is 0 Å². The maximum absolute atomic E-state index is 6.13.